The number of nitrogens with zero attached hydrogens (tertiary/aromatic N) is 2. The van der Waals surface area contributed by atoms with Gasteiger partial charge in [0, 0.05) is 11.6 Å². The third-order valence-electron chi connectivity index (χ3n) is 4.03. The van der Waals surface area contributed by atoms with Crippen LogP contribution < -0.4 is 5.73 Å². The summed E-state index contributed by atoms with van der Waals surface area (Å²) in [6.45, 7) is 0. The van der Waals surface area contributed by atoms with Crippen LogP contribution in [0.4, 0.5) is 5.82 Å². The van der Waals surface area contributed by atoms with Crippen molar-refractivity contribution in [2.45, 2.75) is 0 Å². The zero-order chi connectivity index (χ0) is 16.4. The summed E-state index contributed by atoms with van der Waals surface area (Å²) in [5.74, 6) is 0.628. The van der Waals surface area contributed by atoms with Crippen LogP contribution in [0, 0.1) is 0 Å². The smallest absolute Gasteiger partial charge is 0.127 e. The molecule has 116 valence electrons. The molecule has 1 aromatic heterocycles. The van der Waals surface area contributed by atoms with Gasteiger partial charge in [-0.05, 0) is 23.3 Å². The molecule has 0 atom stereocenters. The number of aromatic nitrogens is 2. The number of anilines is 1. The molecular formula is C21H17N3. The largest absolute Gasteiger partial charge is 0.384 e. The summed E-state index contributed by atoms with van der Waals surface area (Å²) < 4.78 is 1.76. The van der Waals surface area contributed by atoms with Crippen LogP contribution in [0.3, 0.4) is 0 Å². The Morgan fingerprint density at radius 3 is 1.83 bits per heavy atom. The van der Waals surface area contributed by atoms with E-state index in [9.17, 15) is 0 Å². The molecule has 2 N–H and O–H groups in total. The SMILES string of the molecule is Nc1cc(-c2ccc(-c3ccccc3)cc2)nn1-c1ccccc1. The molecule has 0 saturated heterocycles. The van der Waals surface area contributed by atoms with Crippen LogP contribution in [-0.2, 0) is 0 Å². The first kappa shape index (κ1) is 14.3. The third-order valence-corrected chi connectivity index (χ3v) is 4.03. The van der Waals surface area contributed by atoms with Crippen molar-refractivity contribution in [3.63, 3.8) is 0 Å². The second-order valence-corrected chi connectivity index (χ2v) is 5.65. The minimum absolute atomic E-state index is 0.628. The van der Waals surface area contributed by atoms with Crippen LogP contribution in [0.15, 0.2) is 91.0 Å². The number of para-hydroxylation sites is 1. The molecule has 1 heterocycles. The normalized spacial score (nSPS) is 10.7. The number of nitrogens with two attached hydrogens (primary N) is 1. The van der Waals surface area contributed by atoms with Gasteiger partial charge in [-0.25, -0.2) is 4.68 Å². The Bertz CT molecular complexity index is 940. The lowest BCUT2D eigenvalue weighted by Gasteiger charge is -2.04. The van der Waals surface area contributed by atoms with Gasteiger partial charge in [-0.3, -0.25) is 0 Å². The Hall–Kier alpha value is -3.33. The van der Waals surface area contributed by atoms with Gasteiger partial charge in [-0.2, -0.15) is 5.10 Å². The van der Waals surface area contributed by atoms with Gasteiger partial charge in [0.15, 0.2) is 0 Å². The molecule has 3 aromatic carbocycles. The van der Waals surface area contributed by atoms with Crippen molar-refractivity contribution in [1.29, 1.82) is 0 Å². The predicted molar refractivity (Wildman–Crippen MR) is 98.8 cm³/mol. The van der Waals surface area contributed by atoms with Crippen LogP contribution in [-0.4, -0.2) is 9.78 Å². The van der Waals surface area contributed by atoms with Crippen LogP contribution in [0.2, 0.25) is 0 Å². The molecule has 0 radical (unpaired) electrons. The Kier molecular flexibility index (Phi) is 3.60. The van der Waals surface area contributed by atoms with Crippen molar-refractivity contribution in [2.24, 2.45) is 0 Å². The molecule has 0 spiro atoms. The second-order valence-electron chi connectivity index (χ2n) is 5.65. The van der Waals surface area contributed by atoms with Crippen LogP contribution in [0.25, 0.3) is 28.1 Å². The van der Waals surface area contributed by atoms with Gasteiger partial charge in [-0.15, -0.1) is 0 Å². The zero-order valence-corrected chi connectivity index (χ0v) is 13.1. The molecular weight excluding hydrogens is 294 g/mol. The van der Waals surface area contributed by atoms with Crippen molar-refractivity contribution >= 4 is 5.82 Å². The molecule has 0 aliphatic heterocycles. The maximum atomic E-state index is 6.13. The summed E-state index contributed by atoms with van der Waals surface area (Å²) in [6, 6.07) is 30.6. The first-order valence-corrected chi connectivity index (χ1v) is 7.88. The minimum Gasteiger partial charge on any atom is -0.384 e. The maximum Gasteiger partial charge on any atom is 0.127 e. The predicted octanol–water partition coefficient (Wildman–Crippen LogP) is 4.79. The van der Waals surface area contributed by atoms with Gasteiger partial charge < -0.3 is 5.73 Å². The number of hydrogen-bond acceptors (Lipinski definition) is 2. The van der Waals surface area contributed by atoms with E-state index in [0.717, 1.165) is 16.9 Å². The van der Waals surface area contributed by atoms with Crippen molar-refractivity contribution < 1.29 is 0 Å². The highest BCUT2D eigenvalue weighted by atomic mass is 15.3. The topological polar surface area (TPSA) is 43.8 Å². The molecule has 0 bridgehead atoms. The Morgan fingerprint density at radius 1 is 0.625 bits per heavy atom. The van der Waals surface area contributed by atoms with Gasteiger partial charge in [0.2, 0.25) is 0 Å². The van der Waals surface area contributed by atoms with Gasteiger partial charge in [-0.1, -0.05) is 72.8 Å². The molecule has 0 amide bonds. The quantitative estimate of drug-likeness (QED) is 0.591. The standard InChI is InChI=1S/C21H17N3/c22-21-15-20(23-24(21)19-9-5-2-6-10-19)18-13-11-17(12-14-18)16-7-3-1-4-8-16/h1-15H,22H2. The molecule has 4 aromatic rings. The number of hydrogen-bond donors (Lipinski definition) is 1. The van der Waals surface area contributed by atoms with Crippen molar-refractivity contribution in [3.8, 4) is 28.1 Å². The molecule has 0 saturated carbocycles. The Balaban J connectivity index is 1.68. The fourth-order valence-corrected chi connectivity index (χ4v) is 2.78. The monoisotopic (exact) mass is 311 g/mol. The first-order chi connectivity index (χ1) is 11.8. The van der Waals surface area contributed by atoms with E-state index in [0.29, 0.717) is 5.82 Å². The van der Waals surface area contributed by atoms with Crippen LogP contribution in [0.5, 0.6) is 0 Å². The first-order valence-electron chi connectivity index (χ1n) is 7.88. The van der Waals surface area contributed by atoms with E-state index >= 15 is 0 Å². The molecule has 0 aliphatic carbocycles. The highest BCUT2D eigenvalue weighted by molar-refractivity contribution is 5.70. The Labute approximate surface area is 141 Å². The van der Waals surface area contributed by atoms with E-state index in [1.807, 2.05) is 54.6 Å². The van der Waals surface area contributed by atoms with E-state index in [1.165, 1.54) is 11.1 Å². The lowest BCUT2D eigenvalue weighted by molar-refractivity contribution is 0.895. The maximum absolute atomic E-state index is 6.13. The summed E-state index contributed by atoms with van der Waals surface area (Å²) in [5, 5.41) is 4.64. The average molecular weight is 311 g/mol. The number of rotatable bonds is 3. The Morgan fingerprint density at radius 2 is 1.17 bits per heavy atom. The van der Waals surface area contributed by atoms with Gasteiger partial charge in [0.05, 0.1) is 11.4 Å². The number of nitrogen functional groups attached to an aromatic ring is 1. The van der Waals surface area contributed by atoms with Gasteiger partial charge >= 0.3 is 0 Å². The molecule has 3 heteroatoms. The highest BCUT2D eigenvalue weighted by Crippen LogP contribution is 2.26. The van der Waals surface area contributed by atoms with Crippen LogP contribution >= 0.6 is 0 Å². The van der Waals surface area contributed by atoms with Gasteiger partial charge in [0.1, 0.15) is 5.82 Å². The lowest BCUT2D eigenvalue weighted by atomic mass is 10.0. The third kappa shape index (κ3) is 2.68. The molecule has 0 unspecified atom stereocenters. The summed E-state index contributed by atoms with van der Waals surface area (Å²) in [4.78, 5) is 0. The molecule has 0 aliphatic rings. The van der Waals surface area contributed by atoms with E-state index < -0.39 is 0 Å². The van der Waals surface area contributed by atoms with Crippen molar-refractivity contribution in [1.82, 2.24) is 9.78 Å². The highest BCUT2D eigenvalue weighted by Gasteiger charge is 2.09. The van der Waals surface area contributed by atoms with E-state index in [1.54, 1.807) is 4.68 Å². The average Bonchev–Trinajstić information content (AvgIpc) is 3.05. The summed E-state index contributed by atoms with van der Waals surface area (Å²) in [5.41, 5.74) is 11.4. The van der Waals surface area contributed by atoms with Crippen LogP contribution in [0.1, 0.15) is 0 Å². The van der Waals surface area contributed by atoms with E-state index in [2.05, 4.69) is 41.5 Å². The summed E-state index contributed by atoms with van der Waals surface area (Å²) >= 11 is 0. The fraction of sp³-hybridized carbons (Fsp3) is 0. The molecule has 0 fully saturated rings. The zero-order valence-electron chi connectivity index (χ0n) is 13.1. The molecule has 3 nitrogen and oxygen atoms in total. The summed E-state index contributed by atoms with van der Waals surface area (Å²) in [7, 11) is 0. The summed E-state index contributed by atoms with van der Waals surface area (Å²) in [6.07, 6.45) is 0. The van der Waals surface area contributed by atoms with E-state index in [4.69, 9.17) is 5.73 Å². The van der Waals surface area contributed by atoms with Crippen molar-refractivity contribution in [2.75, 3.05) is 5.73 Å². The minimum atomic E-state index is 0.628. The molecule has 4 rings (SSSR count). The molecule has 24 heavy (non-hydrogen) atoms. The number of benzene rings is 3. The lowest BCUT2D eigenvalue weighted by Crippen LogP contribution is -2.01. The van der Waals surface area contributed by atoms with Crippen molar-refractivity contribution in [3.05, 3.63) is 91.0 Å². The fourth-order valence-electron chi connectivity index (χ4n) is 2.78. The van der Waals surface area contributed by atoms with Gasteiger partial charge in [0.25, 0.3) is 0 Å². The van der Waals surface area contributed by atoms with E-state index in [-0.39, 0.29) is 0 Å². The second kappa shape index (κ2) is 6.05.